The molecule has 136 valence electrons. The zero-order chi connectivity index (χ0) is 19.4. The first kappa shape index (κ1) is 18.3. The van der Waals surface area contributed by atoms with E-state index in [0.29, 0.717) is 5.69 Å². The van der Waals surface area contributed by atoms with E-state index in [2.05, 4.69) is 42.7 Å². The van der Waals surface area contributed by atoms with Crippen molar-refractivity contribution in [3.63, 3.8) is 0 Å². The number of nitrogen functional groups attached to an aromatic ring is 1. The van der Waals surface area contributed by atoms with Crippen LogP contribution in [0.15, 0.2) is 79.9 Å². The van der Waals surface area contributed by atoms with Crippen molar-refractivity contribution in [2.24, 2.45) is 0 Å². The van der Waals surface area contributed by atoms with Crippen molar-refractivity contribution < 1.29 is 4.74 Å². The van der Waals surface area contributed by atoms with Crippen molar-refractivity contribution in [3.8, 4) is 16.9 Å². The molecule has 0 unspecified atom stereocenters. The molecule has 27 heavy (non-hydrogen) atoms. The number of nitrogens with two attached hydrogens (primary N) is 1. The van der Waals surface area contributed by atoms with Crippen molar-refractivity contribution in [1.29, 1.82) is 0 Å². The van der Waals surface area contributed by atoms with E-state index in [0.717, 1.165) is 45.0 Å². The lowest BCUT2D eigenvalue weighted by molar-refractivity contribution is 0.415. The minimum absolute atomic E-state index is 0.673. The van der Waals surface area contributed by atoms with Crippen LogP contribution >= 0.6 is 0 Å². The highest BCUT2D eigenvalue weighted by Gasteiger charge is 2.07. The van der Waals surface area contributed by atoms with E-state index in [4.69, 9.17) is 10.5 Å². The Morgan fingerprint density at radius 3 is 2.04 bits per heavy atom. The highest BCUT2D eigenvalue weighted by molar-refractivity contribution is 5.84. The summed E-state index contributed by atoms with van der Waals surface area (Å²) in [5, 5.41) is 3.33. The summed E-state index contributed by atoms with van der Waals surface area (Å²) in [7, 11) is 1.65. The van der Waals surface area contributed by atoms with Crippen LogP contribution in [0.5, 0.6) is 5.75 Å². The predicted octanol–water partition coefficient (Wildman–Crippen LogP) is 6.06. The highest BCUT2D eigenvalue weighted by atomic mass is 16.5. The van der Waals surface area contributed by atoms with Crippen molar-refractivity contribution in [2.45, 2.75) is 6.92 Å². The number of allylic oxidation sites excluding steroid dienone is 1. The highest BCUT2D eigenvalue weighted by Crippen LogP contribution is 2.30. The molecule has 3 heteroatoms. The lowest BCUT2D eigenvalue weighted by atomic mass is 10.0. The van der Waals surface area contributed by atoms with Crippen LogP contribution in [0.4, 0.5) is 11.4 Å². The van der Waals surface area contributed by atoms with Crippen LogP contribution < -0.4 is 15.8 Å². The number of rotatable bonds is 6. The van der Waals surface area contributed by atoms with E-state index in [1.165, 1.54) is 0 Å². The van der Waals surface area contributed by atoms with Gasteiger partial charge in [-0.05, 0) is 65.6 Å². The molecule has 0 aliphatic heterocycles. The Morgan fingerprint density at radius 2 is 1.44 bits per heavy atom. The Bertz CT molecular complexity index is 970. The number of nitrogens with one attached hydrogen (secondary N) is 1. The molecule has 0 heterocycles. The fraction of sp³-hybridized carbons (Fsp3) is 0.0833. The molecule has 0 aliphatic rings. The van der Waals surface area contributed by atoms with Gasteiger partial charge < -0.3 is 15.8 Å². The van der Waals surface area contributed by atoms with Gasteiger partial charge in [-0.2, -0.15) is 0 Å². The van der Waals surface area contributed by atoms with E-state index in [1.807, 2.05) is 49.4 Å². The zero-order valence-electron chi connectivity index (χ0n) is 15.8. The van der Waals surface area contributed by atoms with Gasteiger partial charge in [0.05, 0.1) is 18.5 Å². The van der Waals surface area contributed by atoms with E-state index in [-0.39, 0.29) is 0 Å². The van der Waals surface area contributed by atoms with Crippen LogP contribution in [-0.2, 0) is 0 Å². The Labute approximate surface area is 160 Å². The Balaban J connectivity index is 1.84. The van der Waals surface area contributed by atoms with Crippen LogP contribution in [-0.4, -0.2) is 7.11 Å². The van der Waals surface area contributed by atoms with Crippen LogP contribution in [0.25, 0.3) is 22.4 Å². The van der Waals surface area contributed by atoms with Gasteiger partial charge in [-0.25, -0.2) is 0 Å². The summed E-state index contributed by atoms with van der Waals surface area (Å²) in [6.45, 7) is 10.1. The van der Waals surface area contributed by atoms with Crippen molar-refractivity contribution in [3.05, 3.63) is 91.0 Å². The number of hydrogen-bond acceptors (Lipinski definition) is 3. The van der Waals surface area contributed by atoms with Crippen LogP contribution in [0.1, 0.15) is 18.1 Å². The first-order valence-corrected chi connectivity index (χ1v) is 8.74. The molecule has 3 aromatic rings. The summed E-state index contributed by atoms with van der Waals surface area (Å²) >= 11 is 0. The molecule has 0 aromatic heterocycles. The third-order valence-corrected chi connectivity index (χ3v) is 4.49. The van der Waals surface area contributed by atoms with Gasteiger partial charge in [0.1, 0.15) is 5.75 Å². The maximum absolute atomic E-state index is 6.17. The SMILES string of the molecule is C=C(C)c1ccc(-c2ccc(N)c(NC(=C)c3ccc(OC)cc3)c2)cc1. The second-order valence-corrected chi connectivity index (χ2v) is 6.49. The summed E-state index contributed by atoms with van der Waals surface area (Å²) in [6, 6.07) is 22.1. The van der Waals surface area contributed by atoms with Gasteiger partial charge in [-0.1, -0.05) is 49.1 Å². The molecule has 0 bridgehead atoms. The topological polar surface area (TPSA) is 47.3 Å². The summed E-state index contributed by atoms with van der Waals surface area (Å²) < 4.78 is 5.20. The second-order valence-electron chi connectivity index (χ2n) is 6.49. The van der Waals surface area contributed by atoms with Crippen molar-refractivity contribution >= 4 is 22.6 Å². The smallest absolute Gasteiger partial charge is 0.118 e. The molecule has 3 rings (SSSR count). The van der Waals surface area contributed by atoms with Crippen LogP contribution in [0.2, 0.25) is 0 Å². The van der Waals surface area contributed by atoms with Gasteiger partial charge in [-0.3, -0.25) is 0 Å². The number of ether oxygens (including phenoxy) is 1. The molecule has 0 radical (unpaired) electrons. The Hall–Kier alpha value is -3.46. The predicted molar refractivity (Wildman–Crippen MR) is 117 cm³/mol. The quantitative estimate of drug-likeness (QED) is 0.528. The van der Waals surface area contributed by atoms with Gasteiger partial charge in [0.2, 0.25) is 0 Å². The normalized spacial score (nSPS) is 10.3. The summed E-state index contributed by atoms with van der Waals surface area (Å²) in [4.78, 5) is 0. The van der Waals surface area contributed by atoms with Crippen LogP contribution in [0, 0.1) is 0 Å². The average molecular weight is 356 g/mol. The van der Waals surface area contributed by atoms with Gasteiger partial charge in [0.15, 0.2) is 0 Å². The van der Waals surface area contributed by atoms with Crippen LogP contribution in [0.3, 0.4) is 0 Å². The average Bonchev–Trinajstić information content (AvgIpc) is 2.69. The molecule has 3 aromatic carbocycles. The van der Waals surface area contributed by atoms with E-state index in [9.17, 15) is 0 Å². The van der Waals surface area contributed by atoms with Crippen molar-refractivity contribution in [1.82, 2.24) is 0 Å². The molecule has 0 saturated carbocycles. The fourth-order valence-corrected chi connectivity index (χ4v) is 2.82. The molecule has 0 fully saturated rings. The minimum atomic E-state index is 0.673. The number of methoxy groups -OCH3 is 1. The molecule has 0 saturated heterocycles. The number of benzene rings is 3. The number of hydrogen-bond donors (Lipinski definition) is 2. The van der Waals surface area contributed by atoms with E-state index < -0.39 is 0 Å². The van der Waals surface area contributed by atoms with Gasteiger partial charge in [-0.15, -0.1) is 0 Å². The zero-order valence-corrected chi connectivity index (χ0v) is 15.8. The summed E-state index contributed by atoms with van der Waals surface area (Å²) in [5.41, 5.74) is 13.8. The monoisotopic (exact) mass is 356 g/mol. The van der Waals surface area contributed by atoms with E-state index in [1.54, 1.807) is 7.11 Å². The Kier molecular flexibility index (Phi) is 5.32. The lowest BCUT2D eigenvalue weighted by Gasteiger charge is -2.14. The standard InChI is InChI=1S/C24H24N2O/c1-16(2)18-5-7-20(8-6-18)21-11-14-23(25)24(15-21)26-17(3)19-9-12-22(27-4)13-10-19/h5-15,26H,1,3,25H2,2,4H3. The van der Waals surface area contributed by atoms with Gasteiger partial charge in [0.25, 0.3) is 0 Å². The van der Waals surface area contributed by atoms with Gasteiger partial charge >= 0.3 is 0 Å². The molecule has 0 spiro atoms. The third-order valence-electron chi connectivity index (χ3n) is 4.49. The minimum Gasteiger partial charge on any atom is -0.497 e. The molecule has 0 aliphatic carbocycles. The van der Waals surface area contributed by atoms with Crippen molar-refractivity contribution in [2.75, 3.05) is 18.2 Å². The number of anilines is 2. The maximum Gasteiger partial charge on any atom is 0.118 e. The van der Waals surface area contributed by atoms with Gasteiger partial charge in [0, 0.05) is 5.70 Å². The largest absolute Gasteiger partial charge is 0.497 e. The summed E-state index contributed by atoms with van der Waals surface area (Å²) in [6.07, 6.45) is 0. The molecule has 3 N–H and O–H groups in total. The molecule has 0 amide bonds. The second kappa shape index (κ2) is 7.83. The maximum atomic E-state index is 6.17. The molecular formula is C24H24N2O. The Morgan fingerprint density at radius 1 is 0.852 bits per heavy atom. The first-order chi connectivity index (χ1) is 13.0. The summed E-state index contributed by atoms with van der Waals surface area (Å²) in [5.74, 6) is 0.811. The molecule has 0 atom stereocenters. The third kappa shape index (κ3) is 4.21. The van der Waals surface area contributed by atoms with E-state index >= 15 is 0 Å². The fourth-order valence-electron chi connectivity index (χ4n) is 2.82. The first-order valence-electron chi connectivity index (χ1n) is 8.74. The lowest BCUT2D eigenvalue weighted by Crippen LogP contribution is -2.01. The molecule has 3 nitrogen and oxygen atoms in total. The molecular weight excluding hydrogens is 332 g/mol.